The van der Waals surface area contributed by atoms with Gasteiger partial charge in [0.2, 0.25) is 5.91 Å². The van der Waals surface area contributed by atoms with Crippen LogP contribution in [0.2, 0.25) is 0 Å². The fourth-order valence-electron chi connectivity index (χ4n) is 3.16. The normalized spacial score (nSPS) is 17.3. The molecule has 146 valence electrons. The second kappa shape index (κ2) is 8.84. The summed E-state index contributed by atoms with van der Waals surface area (Å²) < 4.78 is 10.4. The number of nitrogens with zero attached hydrogens (tertiary/aromatic N) is 1. The van der Waals surface area contributed by atoms with Crippen LogP contribution in [0.5, 0.6) is 0 Å². The van der Waals surface area contributed by atoms with Crippen molar-refractivity contribution in [1.29, 1.82) is 0 Å². The van der Waals surface area contributed by atoms with E-state index in [2.05, 4.69) is 0 Å². The van der Waals surface area contributed by atoms with Crippen LogP contribution in [0.3, 0.4) is 0 Å². The van der Waals surface area contributed by atoms with Crippen LogP contribution in [-0.4, -0.2) is 42.0 Å². The molecule has 0 fully saturated rings. The predicted molar refractivity (Wildman–Crippen MR) is 101 cm³/mol. The molecule has 1 atom stereocenters. The molecule has 1 heterocycles. The Hall–Kier alpha value is -2.63. The van der Waals surface area contributed by atoms with Gasteiger partial charge in [0.1, 0.15) is 6.54 Å². The van der Waals surface area contributed by atoms with E-state index < -0.39 is 17.9 Å². The van der Waals surface area contributed by atoms with Gasteiger partial charge in [-0.1, -0.05) is 29.8 Å². The van der Waals surface area contributed by atoms with Crippen LogP contribution in [0.4, 0.5) is 0 Å². The molecule has 1 aromatic rings. The molecule has 6 nitrogen and oxygen atoms in total. The van der Waals surface area contributed by atoms with Gasteiger partial charge in [-0.25, -0.2) is 4.79 Å². The van der Waals surface area contributed by atoms with Crippen molar-refractivity contribution < 1.29 is 23.9 Å². The van der Waals surface area contributed by atoms with E-state index in [-0.39, 0.29) is 31.6 Å². The zero-order valence-electron chi connectivity index (χ0n) is 16.6. The highest BCUT2D eigenvalue weighted by molar-refractivity contribution is 5.96. The third kappa shape index (κ3) is 4.96. The van der Waals surface area contributed by atoms with Crippen molar-refractivity contribution in [3.8, 4) is 0 Å². The van der Waals surface area contributed by atoms with Crippen molar-refractivity contribution >= 4 is 17.8 Å². The second-order valence-electron chi connectivity index (χ2n) is 6.91. The maximum Gasteiger partial charge on any atom is 0.336 e. The zero-order chi connectivity index (χ0) is 20.1. The predicted octanol–water partition coefficient (Wildman–Crippen LogP) is 3.10. The number of carbonyl (C=O) groups excluding carboxylic acids is 3. The molecule has 0 bridgehead atoms. The van der Waals surface area contributed by atoms with Gasteiger partial charge in [-0.2, -0.15) is 0 Å². The zero-order valence-corrected chi connectivity index (χ0v) is 16.6. The fourth-order valence-corrected chi connectivity index (χ4v) is 3.16. The Morgan fingerprint density at radius 1 is 1.19 bits per heavy atom. The highest BCUT2D eigenvalue weighted by Gasteiger charge is 2.38. The lowest BCUT2D eigenvalue weighted by Gasteiger charge is -2.34. The highest BCUT2D eigenvalue weighted by Crippen LogP contribution is 2.37. The Morgan fingerprint density at radius 3 is 2.37 bits per heavy atom. The van der Waals surface area contributed by atoms with Crippen LogP contribution in [0.25, 0.3) is 0 Å². The quantitative estimate of drug-likeness (QED) is 0.717. The first-order chi connectivity index (χ1) is 12.7. The van der Waals surface area contributed by atoms with Crippen LogP contribution < -0.4 is 0 Å². The Bertz CT molecular complexity index is 748. The summed E-state index contributed by atoms with van der Waals surface area (Å²) in [6.07, 6.45) is -0.185. The van der Waals surface area contributed by atoms with E-state index in [0.717, 1.165) is 11.1 Å². The van der Waals surface area contributed by atoms with Gasteiger partial charge in [0.15, 0.2) is 0 Å². The summed E-state index contributed by atoms with van der Waals surface area (Å²) in [6.45, 7) is 8.94. The number of hydrogen-bond donors (Lipinski definition) is 0. The maximum absolute atomic E-state index is 12.8. The Morgan fingerprint density at radius 2 is 1.81 bits per heavy atom. The summed E-state index contributed by atoms with van der Waals surface area (Å²) in [7, 11) is 0. The highest BCUT2D eigenvalue weighted by atomic mass is 16.5. The smallest absolute Gasteiger partial charge is 0.336 e. The molecule has 2 rings (SSSR count). The number of amides is 1. The van der Waals surface area contributed by atoms with Crippen LogP contribution in [0.1, 0.15) is 51.2 Å². The van der Waals surface area contributed by atoms with Gasteiger partial charge in [0.05, 0.1) is 18.3 Å². The van der Waals surface area contributed by atoms with E-state index in [9.17, 15) is 14.4 Å². The van der Waals surface area contributed by atoms with Crippen molar-refractivity contribution in [2.24, 2.45) is 0 Å². The average Bonchev–Trinajstić information content (AvgIpc) is 2.58. The van der Waals surface area contributed by atoms with Gasteiger partial charge in [0.25, 0.3) is 0 Å². The third-order valence-corrected chi connectivity index (χ3v) is 4.46. The average molecular weight is 373 g/mol. The molecule has 0 saturated carbocycles. The first-order valence-electron chi connectivity index (χ1n) is 9.18. The molecular weight excluding hydrogens is 346 g/mol. The van der Waals surface area contributed by atoms with Crippen molar-refractivity contribution in [3.63, 3.8) is 0 Å². The number of hydrogen-bond acceptors (Lipinski definition) is 5. The van der Waals surface area contributed by atoms with Gasteiger partial charge in [-0.05, 0) is 40.2 Å². The molecule has 1 aromatic carbocycles. The molecular formula is C21H27NO5. The van der Waals surface area contributed by atoms with Crippen molar-refractivity contribution in [1.82, 2.24) is 4.90 Å². The number of aryl methyl sites for hydroxylation is 1. The number of allylic oxidation sites excluding steroid dienone is 1. The van der Waals surface area contributed by atoms with Crippen LogP contribution in [0.15, 0.2) is 35.5 Å². The first kappa shape index (κ1) is 20.7. The minimum absolute atomic E-state index is 0.0995. The van der Waals surface area contributed by atoms with Crippen molar-refractivity contribution in [2.75, 3.05) is 13.2 Å². The molecule has 1 aliphatic heterocycles. The number of rotatable bonds is 6. The SMILES string of the molecule is CCOC(=O)CN1C(=O)C[C@H](c2ccc(C)cc2)C(C(=O)OC(C)C)=C1C. The summed E-state index contributed by atoms with van der Waals surface area (Å²) in [6, 6.07) is 7.74. The molecule has 0 aromatic heterocycles. The lowest BCUT2D eigenvalue weighted by molar-refractivity contribution is -0.149. The fraction of sp³-hybridized carbons (Fsp3) is 0.476. The summed E-state index contributed by atoms with van der Waals surface area (Å²) in [5.74, 6) is -1.58. The Balaban J connectivity index is 2.46. The molecule has 0 aliphatic carbocycles. The van der Waals surface area contributed by atoms with Gasteiger partial charge in [-0.3, -0.25) is 9.59 Å². The molecule has 0 saturated heterocycles. The molecule has 1 amide bonds. The van der Waals surface area contributed by atoms with Gasteiger partial charge >= 0.3 is 11.9 Å². The minimum atomic E-state index is -0.504. The molecule has 1 aliphatic rings. The largest absolute Gasteiger partial charge is 0.465 e. The monoisotopic (exact) mass is 373 g/mol. The number of ether oxygens (including phenoxy) is 2. The van der Waals surface area contributed by atoms with Crippen LogP contribution in [-0.2, 0) is 23.9 Å². The summed E-state index contributed by atoms with van der Waals surface area (Å²) in [5.41, 5.74) is 2.82. The topological polar surface area (TPSA) is 72.9 Å². The summed E-state index contributed by atoms with van der Waals surface area (Å²) in [4.78, 5) is 38.7. The maximum atomic E-state index is 12.8. The number of carbonyl (C=O) groups is 3. The van der Waals surface area contributed by atoms with E-state index in [4.69, 9.17) is 9.47 Å². The Labute approximate surface area is 160 Å². The lowest BCUT2D eigenvalue weighted by atomic mass is 9.83. The lowest BCUT2D eigenvalue weighted by Crippen LogP contribution is -2.41. The van der Waals surface area contributed by atoms with E-state index >= 15 is 0 Å². The number of benzene rings is 1. The van der Waals surface area contributed by atoms with Crippen LogP contribution >= 0.6 is 0 Å². The van der Waals surface area contributed by atoms with Gasteiger partial charge < -0.3 is 14.4 Å². The summed E-state index contributed by atoms with van der Waals surface area (Å²) in [5, 5.41) is 0. The van der Waals surface area contributed by atoms with Crippen molar-refractivity contribution in [2.45, 2.75) is 53.1 Å². The van der Waals surface area contributed by atoms with Crippen LogP contribution in [0, 0.1) is 6.92 Å². The minimum Gasteiger partial charge on any atom is -0.465 e. The van der Waals surface area contributed by atoms with E-state index in [1.54, 1.807) is 27.7 Å². The number of esters is 2. The standard InChI is InChI=1S/C21H27NO5/c1-6-26-19(24)12-22-15(5)20(21(25)27-13(2)3)17(11-18(22)23)16-9-7-14(4)8-10-16/h7-10,13,17H,6,11-12H2,1-5H3/t17-/m1/s1. The molecule has 0 spiro atoms. The molecule has 0 radical (unpaired) electrons. The van der Waals surface area contributed by atoms with Gasteiger partial charge in [0, 0.05) is 18.0 Å². The molecule has 0 N–H and O–H groups in total. The first-order valence-corrected chi connectivity index (χ1v) is 9.18. The van der Waals surface area contributed by atoms with E-state index in [1.165, 1.54) is 4.90 Å². The summed E-state index contributed by atoms with van der Waals surface area (Å²) >= 11 is 0. The van der Waals surface area contributed by atoms with Gasteiger partial charge in [-0.15, -0.1) is 0 Å². The Kier molecular flexibility index (Phi) is 6.77. The third-order valence-electron chi connectivity index (χ3n) is 4.46. The van der Waals surface area contributed by atoms with E-state index in [1.807, 2.05) is 31.2 Å². The molecule has 0 unspecified atom stereocenters. The second-order valence-corrected chi connectivity index (χ2v) is 6.91. The van der Waals surface area contributed by atoms with Crippen molar-refractivity contribution in [3.05, 3.63) is 46.7 Å². The van der Waals surface area contributed by atoms with E-state index in [0.29, 0.717) is 11.3 Å². The molecule has 27 heavy (non-hydrogen) atoms. The molecule has 6 heteroatoms.